The molecule has 6 nitrogen and oxygen atoms in total. The average Bonchev–Trinajstić information content (AvgIpc) is 2.54. The fourth-order valence-corrected chi connectivity index (χ4v) is 2.36. The van der Waals surface area contributed by atoms with Crippen LogP contribution in [0.1, 0.15) is 29.9 Å². The van der Waals surface area contributed by atoms with E-state index in [4.69, 9.17) is 4.74 Å². The number of carbonyl (C=O) groups excluding carboxylic acids is 1. The van der Waals surface area contributed by atoms with Crippen molar-refractivity contribution in [3.8, 4) is 0 Å². The quantitative estimate of drug-likeness (QED) is 0.844. The molecular weight excluding hydrogens is 270 g/mol. The summed E-state index contributed by atoms with van der Waals surface area (Å²) in [6.45, 7) is 6.15. The van der Waals surface area contributed by atoms with Crippen LogP contribution < -0.4 is 5.32 Å². The molecule has 0 saturated carbocycles. The lowest BCUT2D eigenvalue weighted by Gasteiger charge is -2.32. The fourth-order valence-electron chi connectivity index (χ4n) is 2.36. The van der Waals surface area contributed by atoms with E-state index < -0.39 is 0 Å². The van der Waals surface area contributed by atoms with E-state index in [9.17, 15) is 9.90 Å². The highest BCUT2D eigenvalue weighted by atomic mass is 16.5. The van der Waals surface area contributed by atoms with Crippen LogP contribution >= 0.6 is 0 Å². The third kappa shape index (κ3) is 3.92. The van der Waals surface area contributed by atoms with Gasteiger partial charge in [0, 0.05) is 30.9 Å². The van der Waals surface area contributed by atoms with Crippen molar-refractivity contribution in [1.82, 2.24) is 9.88 Å². The molecule has 1 atom stereocenters. The van der Waals surface area contributed by atoms with Crippen molar-refractivity contribution >= 4 is 11.7 Å². The maximum absolute atomic E-state index is 12.6. The molecule has 2 heterocycles. The Morgan fingerprint density at radius 3 is 3.00 bits per heavy atom. The van der Waals surface area contributed by atoms with Gasteiger partial charge in [0.1, 0.15) is 5.82 Å². The number of aromatic nitrogens is 1. The Morgan fingerprint density at radius 2 is 2.33 bits per heavy atom. The second-order valence-electron chi connectivity index (χ2n) is 5.04. The standard InChI is InChI=1S/C15H23N3O3/c1-3-12-7-11(8-14(17-12)16-4-2)15(20)18-5-6-21-13(9-18)10-19/h7-8,13,19H,3-6,9-10H2,1-2H3,(H,16,17). The lowest BCUT2D eigenvalue weighted by molar-refractivity contribution is -0.0447. The van der Waals surface area contributed by atoms with E-state index in [-0.39, 0.29) is 18.6 Å². The highest BCUT2D eigenvalue weighted by molar-refractivity contribution is 5.95. The van der Waals surface area contributed by atoms with Crippen LogP contribution in [0.15, 0.2) is 12.1 Å². The summed E-state index contributed by atoms with van der Waals surface area (Å²) in [6.07, 6.45) is 0.491. The van der Waals surface area contributed by atoms with Gasteiger partial charge in [-0.3, -0.25) is 4.79 Å². The first-order valence-corrected chi connectivity index (χ1v) is 7.44. The molecule has 1 aromatic heterocycles. The van der Waals surface area contributed by atoms with Crippen LogP contribution in [0.2, 0.25) is 0 Å². The number of carbonyl (C=O) groups is 1. The van der Waals surface area contributed by atoms with Crippen LogP contribution in [0.25, 0.3) is 0 Å². The number of morpholine rings is 1. The van der Waals surface area contributed by atoms with Gasteiger partial charge in [0.2, 0.25) is 0 Å². The van der Waals surface area contributed by atoms with Crippen LogP contribution in [-0.2, 0) is 11.2 Å². The summed E-state index contributed by atoms with van der Waals surface area (Å²) in [5.41, 5.74) is 1.53. The zero-order valence-corrected chi connectivity index (χ0v) is 12.6. The molecule has 6 heteroatoms. The molecule has 0 aromatic carbocycles. The van der Waals surface area contributed by atoms with E-state index in [0.717, 1.165) is 24.5 Å². The van der Waals surface area contributed by atoms with Crippen LogP contribution in [0.5, 0.6) is 0 Å². The molecule has 1 aromatic rings. The van der Waals surface area contributed by atoms with Crippen molar-refractivity contribution in [1.29, 1.82) is 0 Å². The summed E-state index contributed by atoms with van der Waals surface area (Å²) in [5.74, 6) is 0.695. The first kappa shape index (κ1) is 15.7. The monoisotopic (exact) mass is 293 g/mol. The Hall–Kier alpha value is -1.66. The second-order valence-corrected chi connectivity index (χ2v) is 5.04. The maximum Gasteiger partial charge on any atom is 0.254 e. The number of aryl methyl sites for hydroxylation is 1. The maximum atomic E-state index is 12.6. The molecule has 1 unspecified atom stereocenters. The Balaban J connectivity index is 2.19. The first-order valence-electron chi connectivity index (χ1n) is 7.44. The molecule has 1 fully saturated rings. The van der Waals surface area contributed by atoms with Gasteiger partial charge < -0.3 is 20.1 Å². The second kappa shape index (κ2) is 7.38. The predicted octanol–water partition coefficient (Wildman–Crippen LogP) is 0.909. The molecule has 1 aliphatic heterocycles. The van der Waals surface area contributed by atoms with Crippen molar-refractivity contribution in [3.63, 3.8) is 0 Å². The van der Waals surface area contributed by atoms with E-state index in [1.165, 1.54) is 0 Å². The van der Waals surface area contributed by atoms with E-state index >= 15 is 0 Å². The third-order valence-corrected chi connectivity index (χ3v) is 3.48. The Kier molecular flexibility index (Phi) is 5.52. The minimum atomic E-state index is -0.288. The normalized spacial score (nSPS) is 18.6. The van der Waals surface area contributed by atoms with Gasteiger partial charge in [0.05, 0.1) is 19.3 Å². The molecule has 0 spiro atoms. The average molecular weight is 293 g/mol. The van der Waals surface area contributed by atoms with Crippen LogP contribution in [-0.4, -0.2) is 59.8 Å². The largest absolute Gasteiger partial charge is 0.394 e. The van der Waals surface area contributed by atoms with E-state index in [2.05, 4.69) is 10.3 Å². The summed E-state index contributed by atoms with van der Waals surface area (Å²) in [7, 11) is 0. The van der Waals surface area contributed by atoms with Crippen LogP contribution in [0, 0.1) is 0 Å². The number of nitrogens with zero attached hydrogens (tertiary/aromatic N) is 2. The number of amides is 1. The Labute approximate surface area is 125 Å². The lowest BCUT2D eigenvalue weighted by atomic mass is 10.1. The van der Waals surface area contributed by atoms with Gasteiger partial charge in [-0.15, -0.1) is 0 Å². The summed E-state index contributed by atoms with van der Waals surface area (Å²) < 4.78 is 5.38. The van der Waals surface area contributed by atoms with Gasteiger partial charge in [-0.05, 0) is 25.5 Å². The number of anilines is 1. The third-order valence-electron chi connectivity index (χ3n) is 3.48. The molecule has 116 valence electrons. The smallest absolute Gasteiger partial charge is 0.254 e. The lowest BCUT2D eigenvalue weighted by Crippen LogP contribution is -2.46. The molecule has 2 N–H and O–H groups in total. The Bertz CT molecular complexity index is 493. The topological polar surface area (TPSA) is 74.7 Å². The van der Waals surface area contributed by atoms with Crippen LogP contribution in [0.4, 0.5) is 5.82 Å². The molecule has 2 rings (SSSR count). The number of aliphatic hydroxyl groups excluding tert-OH is 1. The minimum absolute atomic E-state index is 0.0343. The zero-order chi connectivity index (χ0) is 15.2. The molecular formula is C15H23N3O3. The van der Waals surface area contributed by atoms with Crippen molar-refractivity contribution < 1.29 is 14.6 Å². The number of ether oxygens (including phenoxy) is 1. The van der Waals surface area contributed by atoms with Crippen molar-refractivity contribution in [3.05, 3.63) is 23.4 Å². The summed E-state index contributed by atoms with van der Waals surface area (Å²) >= 11 is 0. The van der Waals surface area contributed by atoms with Gasteiger partial charge in [-0.2, -0.15) is 0 Å². The first-order chi connectivity index (χ1) is 10.2. The van der Waals surface area contributed by atoms with E-state index in [0.29, 0.717) is 25.3 Å². The molecule has 1 saturated heterocycles. The van der Waals surface area contributed by atoms with Gasteiger partial charge in [-0.25, -0.2) is 4.98 Å². The fraction of sp³-hybridized carbons (Fsp3) is 0.600. The highest BCUT2D eigenvalue weighted by Gasteiger charge is 2.25. The summed E-state index contributed by atoms with van der Waals surface area (Å²) in [6, 6.07) is 3.63. The Morgan fingerprint density at radius 1 is 1.52 bits per heavy atom. The zero-order valence-electron chi connectivity index (χ0n) is 12.6. The van der Waals surface area contributed by atoms with Gasteiger partial charge in [0.25, 0.3) is 5.91 Å². The van der Waals surface area contributed by atoms with Crippen molar-refractivity contribution in [2.24, 2.45) is 0 Å². The minimum Gasteiger partial charge on any atom is -0.394 e. The number of nitrogens with one attached hydrogen (secondary N) is 1. The molecule has 0 bridgehead atoms. The molecule has 1 amide bonds. The van der Waals surface area contributed by atoms with Crippen molar-refractivity contribution in [2.75, 3.05) is 38.2 Å². The number of pyridine rings is 1. The predicted molar refractivity (Wildman–Crippen MR) is 80.5 cm³/mol. The van der Waals surface area contributed by atoms with Crippen LogP contribution in [0.3, 0.4) is 0 Å². The van der Waals surface area contributed by atoms with Crippen molar-refractivity contribution in [2.45, 2.75) is 26.4 Å². The number of hydrogen-bond donors (Lipinski definition) is 2. The number of rotatable bonds is 5. The number of aliphatic hydroxyl groups is 1. The van der Waals surface area contributed by atoms with E-state index in [1.807, 2.05) is 19.9 Å². The van der Waals surface area contributed by atoms with E-state index in [1.54, 1.807) is 11.0 Å². The molecule has 1 aliphatic rings. The van der Waals surface area contributed by atoms with Gasteiger partial charge in [0.15, 0.2) is 0 Å². The van der Waals surface area contributed by atoms with Gasteiger partial charge in [-0.1, -0.05) is 6.92 Å². The summed E-state index contributed by atoms with van der Waals surface area (Å²) in [5, 5.41) is 12.3. The molecule has 0 aliphatic carbocycles. The van der Waals surface area contributed by atoms with Gasteiger partial charge >= 0.3 is 0 Å². The molecule has 21 heavy (non-hydrogen) atoms. The SMILES string of the molecule is CCNc1cc(C(=O)N2CCOC(CO)C2)cc(CC)n1. The number of hydrogen-bond acceptors (Lipinski definition) is 5. The molecule has 0 radical (unpaired) electrons. The summed E-state index contributed by atoms with van der Waals surface area (Å²) in [4.78, 5) is 18.8. The highest BCUT2D eigenvalue weighted by Crippen LogP contribution is 2.15.